The summed E-state index contributed by atoms with van der Waals surface area (Å²) in [6, 6.07) is 0.287. The topological polar surface area (TPSA) is 67.9 Å². The highest BCUT2D eigenvalue weighted by molar-refractivity contribution is 5.36. The van der Waals surface area contributed by atoms with Crippen molar-refractivity contribution in [2.45, 2.75) is 35.3 Å². The van der Waals surface area contributed by atoms with Crippen LogP contribution < -0.4 is 10.7 Å². The Labute approximate surface area is 144 Å². The van der Waals surface area contributed by atoms with Gasteiger partial charge in [0.1, 0.15) is 5.36 Å². The number of nitro groups is 1. The molecule has 1 heterocycles. The van der Waals surface area contributed by atoms with Crippen LogP contribution in [0.15, 0.2) is 22.1 Å². The molecule has 1 aliphatic heterocycles. The zero-order valence-corrected chi connectivity index (χ0v) is 12.5. The van der Waals surface area contributed by atoms with E-state index in [2.05, 4.69) is 9.98 Å². The number of rotatable bonds is 1. The second-order valence-corrected chi connectivity index (χ2v) is 5.79. The first-order valence-corrected chi connectivity index (χ1v) is 6.72. The van der Waals surface area contributed by atoms with Crippen molar-refractivity contribution in [2.24, 2.45) is 9.98 Å². The van der Waals surface area contributed by atoms with Gasteiger partial charge in [-0.15, -0.1) is 0 Å². The molecule has 1 aromatic rings. The highest BCUT2D eigenvalue weighted by atomic mass is 19.4. The van der Waals surface area contributed by atoms with Gasteiger partial charge in [0.25, 0.3) is 11.4 Å². The Kier molecular flexibility index (Phi) is 3.52. The maximum atomic E-state index is 14.2. The lowest BCUT2D eigenvalue weighted by Gasteiger charge is -2.51. The smallest absolute Gasteiger partial charge is 0.258 e. The molecule has 0 amide bonds. The van der Waals surface area contributed by atoms with Crippen molar-refractivity contribution in [1.82, 2.24) is 0 Å². The quantitative estimate of drug-likeness (QED) is 0.392. The van der Waals surface area contributed by atoms with Gasteiger partial charge in [-0.2, -0.15) is 43.9 Å². The number of hydrogen-bond donors (Lipinski definition) is 0. The van der Waals surface area contributed by atoms with Crippen LogP contribution in [0.25, 0.3) is 0 Å². The van der Waals surface area contributed by atoms with Crippen molar-refractivity contribution >= 4 is 5.69 Å². The first-order chi connectivity index (χ1) is 12.4. The zero-order valence-electron chi connectivity index (χ0n) is 12.5. The fourth-order valence-electron chi connectivity index (χ4n) is 2.76. The number of hydrogen-bond acceptors (Lipinski definition) is 4. The minimum Gasteiger partial charge on any atom is -0.258 e. The van der Waals surface area contributed by atoms with Crippen LogP contribution in [0.4, 0.5) is 54.0 Å². The monoisotopic (exact) mass is 429 g/mol. The molecular weight excluding hydrogens is 427 g/mol. The molecule has 0 atom stereocenters. The number of nitro benzene ring substituents is 1. The number of non-ortho nitro benzene ring substituents is 1. The van der Waals surface area contributed by atoms with Gasteiger partial charge < -0.3 is 0 Å². The molecule has 154 valence electrons. The van der Waals surface area contributed by atoms with Gasteiger partial charge in [0.2, 0.25) is 0 Å². The molecule has 1 saturated carbocycles. The predicted octanol–water partition coefficient (Wildman–Crippen LogP) is 2.87. The molecule has 0 N–H and O–H groups in total. The van der Waals surface area contributed by atoms with Crippen molar-refractivity contribution < 1.29 is 53.2 Å². The molecule has 0 unspecified atom stereocenters. The summed E-state index contributed by atoms with van der Waals surface area (Å²) in [7, 11) is 0. The Bertz CT molecular complexity index is 990. The van der Waals surface area contributed by atoms with Crippen molar-refractivity contribution in [3.8, 4) is 0 Å². The van der Waals surface area contributed by atoms with E-state index in [1.165, 1.54) is 0 Å². The van der Waals surface area contributed by atoms with Gasteiger partial charge in [-0.25, -0.2) is 14.4 Å². The number of halogens is 11. The second-order valence-electron chi connectivity index (χ2n) is 5.79. The summed E-state index contributed by atoms with van der Waals surface area (Å²) in [5.41, 5.74) is -7.21. The summed E-state index contributed by atoms with van der Waals surface area (Å²) < 4.78 is 151. The highest BCUT2D eigenvalue weighted by Gasteiger charge is 3.01. The fraction of sp³-hybridized carbons (Fsp3) is 0.500. The lowest BCUT2D eigenvalue weighted by molar-refractivity contribution is -0.466. The average molecular weight is 429 g/mol. The number of alkyl halides is 10. The summed E-state index contributed by atoms with van der Waals surface area (Å²) in [6.07, 6.45) is 0. The molecule has 28 heavy (non-hydrogen) atoms. The number of fused-ring (bicyclic) bond motifs is 1. The molecule has 1 aliphatic carbocycles. The molecule has 1 fully saturated rings. The molecule has 3 rings (SSSR count). The third-order valence-corrected chi connectivity index (χ3v) is 4.28. The Morgan fingerprint density at radius 3 is 1.54 bits per heavy atom. The zero-order chi connectivity index (χ0) is 21.7. The molecule has 2 aliphatic rings. The maximum absolute atomic E-state index is 14.2. The first-order valence-electron chi connectivity index (χ1n) is 6.72. The van der Waals surface area contributed by atoms with E-state index in [-0.39, 0.29) is 12.1 Å². The van der Waals surface area contributed by atoms with E-state index >= 15 is 0 Å². The van der Waals surface area contributed by atoms with Crippen molar-refractivity contribution in [3.05, 3.63) is 38.8 Å². The third-order valence-electron chi connectivity index (χ3n) is 4.28. The fourth-order valence-corrected chi connectivity index (χ4v) is 2.76. The van der Waals surface area contributed by atoms with Gasteiger partial charge in [0.05, 0.1) is 4.92 Å². The summed E-state index contributed by atoms with van der Waals surface area (Å²) in [5, 5.41) is 7.15. The summed E-state index contributed by atoms with van der Waals surface area (Å²) in [6.45, 7) is 0. The lowest BCUT2D eigenvalue weighted by Crippen LogP contribution is -2.83. The van der Waals surface area contributed by atoms with Crippen LogP contribution in [0.2, 0.25) is 0 Å². The van der Waals surface area contributed by atoms with Crippen molar-refractivity contribution in [2.75, 3.05) is 0 Å². The van der Waals surface area contributed by atoms with E-state index in [1.807, 2.05) is 0 Å². The van der Waals surface area contributed by atoms with E-state index in [1.54, 1.807) is 0 Å². The maximum Gasteiger partial charge on any atom is 0.384 e. The van der Waals surface area contributed by atoms with Gasteiger partial charge in [-0.1, -0.05) is 0 Å². The molecule has 16 heteroatoms. The van der Waals surface area contributed by atoms with Gasteiger partial charge >= 0.3 is 29.6 Å². The minimum atomic E-state index is -7.28. The standard InChI is InChI=1S/C12H2F11N3O2/c13-3-1-2-4(26(27)28)6-5(3)24-12(25-6)10(20,21)8(16,17)7(14,15)9(18,19)11(12,22)23/h1-2H. The van der Waals surface area contributed by atoms with E-state index < -0.39 is 62.4 Å². The lowest BCUT2D eigenvalue weighted by atomic mass is 9.74. The predicted molar refractivity (Wildman–Crippen MR) is 62.8 cm³/mol. The molecule has 1 spiro atoms. The summed E-state index contributed by atoms with van der Waals surface area (Å²) >= 11 is 0. The molecule has 0 aromatic heterocycles. The van der Waals surface area contributed by atoms with Crippen molar-refractivity contribution in [3.63, 3.8) is 0 Å². The largest absolute Gasteiger partial charge is 0.384 e. The summed E-state index contributed by atoms with van der Waals surface area (Å²) in [5.74, 6) is -37.1. The molecule has 0 saturated heterocycles. The van der Waals surface area contributed by atoms with Gasteiger partial charge in [0.15, 0.2) is 11.2 Å². The highest BCUT2D eigenvalue weighted by Crippen LogP contribution is 2.69. The second kappa shape index (κ2) is 4.89. The SMILES string of the molecule is O=[N+]([O-])c1ccc(F)c2c1=NC1(N=2)C(F)(F)C(F)(F)C(F)(F)C(F)(F)C1(F)F. The molecular formula is C12H2F11N3O2. The number of benzene rings is 1. The van der Waals surface area contributed by atoms with E-state index in [9.17, 15) is 58.4 Å². The molecule has 0 radical (unpaired) electrons. The van der Waals surface area contributed by atoms with Gasteiger partial charge in [-0.05, 0) is 6.07 Å². The van der Waals surface area contributed by atoms with Gasteiger partial charge in [0, 0.05) is 6.07 Å². The molecule has 5 nitrogen and oxygen atoms in total. The van der Waals surface area contributed by atoms with Gasteiger partial charge in [-0.3, -0.25) is 10.1 Å². The van der Waals surface area contributed by atoms with Crippen molar-refractivity contribution in [1.29, 1.82) is 0 Å². The number of nitrogens with zero attached hydrogens (tertiary/aromatic N) is 3. The Morgan fingerprint density at radius 2 is 1.11 bits per heavy atom. The van der Waals surface area contributed by atoms with E-state index in [4.69, 9.17) is 0 Å². The van der Waals surface area contributed by atoms with Crippen LogP contribution in [-0.4, -0.2) is 40.2 Å². The Hall–Kier alpha value is -2.55. The normalized spacial score (nSPS) is 26.8. The summed E-state index contributed by atoms with van der Waals surface area (Å²) in [4.78, 5) is 13.6. The van der Waals surface area contributed by atoms with Crippen LogP contribution in [0, 0.1) is 15.9 Å². The first kappa shape index (κ1) is 20.2. The molecule has 0 bridgehead atoms. The Morgan fingerprint density at radius 1 is 0.714 bits per heavy atom. The van der Waals surface area contributed by atoms with Crippen LogP contribution in [0.1, 0.15) is 0 Å². The minimum absolute atomic E-state index is 0.110. The van der Waals surface area contributed by atoms with Crippen LogP contribution in [0.5, 0.6) is 0 Å². The molecule has 1 aromatic carbocycles. The van der Waals surface area contributed by atoms with Crippen LogP contribution in [0.3, 0.4) is 0 Å². The van der Waals surface area contributed by atoms with E-state index in [0.717, 1.165) is 0 Å². The Balaban J connectivity index is 2.53. The van der Waals surface area contributed by atoms with Crippen LogP contribution >= 0.6 is 0 Å². The van der Waals surface area contributed by atoms with E-state index in [0.29, 0.717) is 0 Å². The third kappa shape index (κ3) is 1.74. The van der Waals surface area contributed by atoms with Crippen LogP contribution in [-0.2, 0) is 0 Å². The average Bonchev–Trinajstić information content (AvgIpc) is 2.96.